The minimum atomic E-state index is -0.275. The van der Waals surface area contributed by atoms with Gasteiger partial charge in [-0.3, -0.25) is 9.59 Å². The Morgan fingerprint density at radius 2 is 2.14 bits per heavy atom. The van der Waals surface area contributed by atoms with Gasteiger partial charge in [-0.15, -0.1) is 0 Å². The number of benzene rings is 1. The van der Waals surface area contributed by atoms with E-state index in [-0.39, 0.29) is 29.7 Å². The molecule has 0 radical (unpaired) electrons. The van der Waals surface area contributed by atoms with Gasteiger partial charge in [-0.05, 0) is 18.4 Å². The summed E-state index contributed by atoms with van der Waals surface area (Å²) in [5, 5.41) is 3.39. The lowest BCUT2D eigenvalue weighted by molar-refractivity contribution is 0.0731. The predicted molar refractivity (Wildman–Crippen MR) is 104 cm³/mol. The zero-order chi connectivity index (χ0) is 20.1. The smallest absolute Gasteiger partial charge is 0.273 e. The minimum Gasteiger partial charge on any atom is -0.481 e. The predicted octanol–water partition coefficient (Wildman–Crippen LogP) is 2.22. The Bertz CT molecular complexity index is 1120. The summed E-state index contributed by atoms with van der Waals surface area (Å²) in [6.45, 7) is 0.626. The second-order valence-corrected chi connectivity index (χ2v) is 7.42. The van der Waals surface area contributed by atoms with Crippen LogP contribution in [0.1, 0.15) is 38.9 Å². The molecule has 8 nitrogen and oxygen atoms in total. The number of ether oxygens (including phenoxy) is 1. The fourth-order valence-corrected chi connectivity index (χ4v) is 4.61. The molecule has 29 heavy (non-hydrogen) atoms. The highest BCUT2D eigenvalue weighted by Crippen LogP contribution is 2.53. The average Bonchev–Trinajstić information content (AvgIpc) is 3.47. The molecule has 3 fully saturated rings. The molecule has 1 aromatic carbocycles. The normalized spacial score (nSPS) is 22.4. The van der Waals surface area contributed by atoms with Crippen LogP contribution in [0.3, 0.4) is 0 Å². The first-order valence-electron chi connectivity index (χ1n) is 9.52. The van der Waals surface area contributed by atoms with Crippen molar-refractivity contribution < 1.29 is 18.7 Å². The topological polar surface area (TPSA) is 97.6 Å². The summed E-state index contributed by atoms with van der Waals surface area (Å²) in [7, 11) is 3.10. The number of rotatable bonds is 4. The van der Waals surface area contributed by atoms with Crippen LogP contribution in [0.2, 0.25) is 0 Å². The molecule has 2 amide bonds. The molecule has 3 unspecified atom stereocenters. The summed E-state index contributed by atoms with van der Waals surface area (Å²) >= 11 is 0. The molecule has 2 saturated heterocycles. The molecular formula is C21H20N4O4. The molecule has 3 aliphatic rings. The van der Waals surface area contributed by atoms with E-state index in [4.69, 9.17) is 9.15 Å². The number of methoxy groups -OCH3 is 1. The number of carbonyl (C=O) groups excluding carboxylic acids is 2. The minimum absolute atomic E-state index is 0.0104. The second-order valence-electron chi connectivity index (χ2n) is 7.42. The number of aromatic nitrogens is 2. The number of fused-ring (bicyclic) bond motifs is 2. The highest BCUT2D eigenvalue weighted by Gasteiger charge is 2.56. The van der Waals surface area contributed by atoms with Gasteiger partial charge in [0.05, 0.1) is 18.2 Å². The van der Waals surface area contributed by atoms with Crippen LogP contribution in [0.5, 0.6) is 5.88 Å². The van der Waals surface area contributed by atoms with Crippen molar-refractivity contribution >= 4 is 22.7 Å². The molecule has 2 aromatic heterocycles. The third kappa shape index (κ3) is 2.59. The van der Waals surface area contributed by atoms with Gasteiger partial charge in [0.25, 0.3) is 11.8 Å². The van der Waals surface area contributed by atoms with E-state index in [0.29, 0.717) is 29.4 Å². The van der Waals surface area contributed by atoms with Crippen molar-refractivity contribution in [2.45, 2.75) is 18.4 Å². The van der Waals surface area contributed by atoms with Gasteiger partial charge in [0.1, 0.15) is 5.76 Å². The number of hydrogen-bond acceptors (Lipinski definition) is 6. The number of nitrogens with zero attached hydrogens (tertiary/aromatic N) is 3. The van der Waals surface area contributed by atoms with Crippen LogP contribution in [-0.2, 0) is 0 Å². The molecule has 0 spiro atoms. The third-order valence-electron chi connectivity index (χ3n) is 6.03. The van der Waals surface area contributed by atoms with Crippen LogP contribution in [0.25, 0.3) is 10.9 Å². The molecule has 1 aliphatic carbocycles. The number of hydrogen-bond donors (Lipinski definition) is 1. The maximum Gasteiger partial charge on any atom is 0.273 e. The highest BCUT2D eigenvalue weighted by molar-refractivity contribution is 6.07. The van der Waals surface area contributed by atoms with Crippen LogP contribution in [0.15, 0.2) is 41.1 Å². The van der Waals surface area contributed by atoms with Crippen LogP contribution in [0.4, 0.5) is 0 Å². The van der Waals surface area contributed by atoms with Gasteiger partial charge < -0.3 is 19.4 Å². The van der Waals surface area contributed by atoms with E-state index in [0.717, 1.165) is 17.3 Å². The molecule has 1 saturated carbocycles. The van der Waals surface area contributed by atoms with Gasteiger partial charge >= 0.3 is 0 Å². The van der Waals surface area contributed by atoms with E-state index < -0.39 is 0 Å². The zero-order valence-electron chi connectivity index (χ0n) is 16.1. The van der Waals surface area contributed by atoms with Crippen molar-refractivity contribution in [2.75, 3.05) is 20.7 Å². The Hall–Kier alpha value is -3.42. The van der Waals surface area contributed by atoms with Crippen LogP contribution < -0.4 is 10.1 Å². The monoisotopic (exact) mass is 392 g/mol. The quantitative estimate of drug-likeness (QED) is 0.731. The van der Waals surface area contributed by atoms with Gasteiger partial charge in [0.15, 0.2) is 12.1 Å². The summed E-state index contributed by atoms with van der Waals surface area (Å²) in [6.07, 6.45) is 2.19. The first-order valence-corrected chi connectivity index (χ1v) is 9.52. The van der Waals surface area contributed by atoms with Gasteiger partial charge in [-0.1, -0.05) is 18.2 Å². The lowest BCUT2D eigenvalue weighted by atomic mass is 9.72. The van der Waals surface area contributed by atoms with Crippen molar-refractivity contribution in [3.8, 4) is 5.88 Å². The summed E-state index contributed by atoms with van der Waals surface area (Å²) in [6, 6.07) is 9.22. The Morgan fingerprint density at radius 3 is 2.93 bits per heavy atom. The van der Waals surface area contributed by atoms with Crippen molar-refractivity contribution in [1.82, 2.24) is 20.2 Å². The second kappa shape index (κ2) is 6.58. The van der Waals surface area contributed by atoms with E-state index in [9.17, 15) is 9.59 Å². The van der Waals surface area contributed by atoms with Gasteiger partial charge in [0, 0.05) is 37.0 Å². The summed E-state index contributed by atoms with van der Waals surface area (Å²) < 4.78 is 10.9. The largest absolute Gasteiger partial charge is 0.481 e. The summed E-state index contributed by atoms with van der Waals surface area (Å²) in [5.74, 6) is 0.894. The van der Waals surface area contributed by atoms with Crippen molar-refractivity contribution in [2.24, 2.45) is 5.92 Å². The molecule has 4 heterocycles. The lowest BCUT2D eigenvalue weighted by Gasteiger charge is -2.35. The number of carbonyl (C=O) groups is 2. The van der Waals surface area contributed by atoms with Gasteiger partial charge in [-0.2, -0.15) is 0 Å². The van der Waals surface area contributed by atoms with Crippen molar-refractivity contribution in [1.29, 1.82) is 0 Å². The Kier molecular flexibility index (Phi) is 4.01. The number of oxazole rings is 1. The molecule has 6 rings (SSSR count). The summed E-state index contributed by atoms with van der Waals surface area (Å²) in [4.78, 5) is 35.9. The molecule has 3 atom stereocenters. The number of nitrogens with one attached hydrogen (secondary N) is 1. The first kappa shape index (κ1) is 17.7. The molecule has 148 valence electrons. The molecule has 8 heteroatoms. The Balaban J connectivity index is 1.49. The molecule has 2 bridgehead atoms. The fraction of sp³-hybridized carbons (Fsp3) is 0.333. The molecule has 1 N–H and O–H groups in total. The van der Waals surface area contributed by atoms with E-state index in [1.165, 1.54) is 6.39 Å². The summed E-state index contributed by atoms with van der Waals surface area (Å²) in [5.41, 5.74) is 1.59. The number of amides is 2. The van der Waals surface area contributed by atoms with Gasteiger partial charge in [0.2, 0.25) is 5.88 Å². The third-order valence-corrected chi connectivity index (χ3v) is 6.03. The van der Waals surface area contributed by atoms with Crippen LogP contribution in [-0.4, -0.2) is 53.4 Å². The highest BCUT2D eigenvalue weighted by atomic mass is 16.5. The lowest BCUT2D eigenvalue weighted by Crippen LogP contribution is -2.40. The van der Waals surface area contributed by atoms with Crippen LogP contribution >= 0.6 is 0 Å². The van der Waals surface area contributed by atoms with E-state index in [1.54, 1.807) is 20.2 Å². The SMILES string of the molecule is CNC(=O)c1ncoc1C1C2CC1N(C(=O)c1cc(OC)nc3ccccc13)C2. The maximum atomic E-state index is 13.5. The van der Waals surface area contributed by atoms with E-state index in [2.05, 4.69) is 15.3 Å². The van der Waals surface area contributed by atoms with Crippen LogP contribution in [0, 0.1) is 5.92 Å². The molecular weight excluding hydrogens is 372 g/mol. The Labute approximate surface area is 166 Å². The average molecular weight is 392 g/mol. The maximum absolute atomic E-state index is 13.5. The zero-order valence-corrected chi connectivity index (χ0v) is 16.1. The van der Waals surface area contributed by atoms with E-state index >= 15 is 0 Å². The Morgan fingerprint density at radius 1 is 1.31 bits per heavy atom. The number of para-hydroxylation sites is 1. The molecule has 3 aromatic rings. The first-order chi connectivity index (χ1) is 14.1. The van der Waals surface area contributed by atoms with Crippen molar-refractivity contribution in [3.63, 3.8) is 0 Å². The molecule has 2 aliphatic heterocycles. The standard InChI is InChI=1S/C21H20N4O4/c1-22-20(26)18-19(29-10-23-18)17-11-7-15(17)25(9-11)21(27)13-8-16(28-2)24-14-6-4-3-5-12(13)14/h3-6,8,10-11,15,17H,7,9H2,1-2H3,(H,22,26). The van der Waals surface area contributed by atoms with E-state index in [1.807, 2.05) is 29.2 Å². The number of pyridine rings is 1. The fourth-order valence-electron chi connectivity index (χ4n) is 4.61. The van der Waals surface area contributed by atoms with Crippen molar-refractivity contribution in [3.05, 3.63) is 53.7 Å². The van der Waals surface area contributed by atoms with Gasteiger partial charge in [-0.25, -0.2) is 9.97 Å².